The zero-order valence-electron chi connectivity index (χ0n) is 9.20. The molecule has 4 nitrogen and oxygen atoms in total. The van der Waals surface area contributed by atoms with E-state index in [1.807, 2.05) is 6.07 Å². The minimum Gasteiger partial charge on any atom is -0.397 e. The van der Waals surface area contributed by atoms with Gasteiger partial charge < -0.3 is 15.8 Å². The number of aromatic nitrogens is 1. The van der Waals surface area contributed by atoms with Crippen molar-refractivity contribution in [2.24, 2.45) is 0 Å². The fourth-order valence-electron chi connectivity index (χ4n) is 1.34. The number of nitrogens with two attached hydrogens (primary N) is 1. The number of rotatable bonds is 7. The van der Waals surface area contributed by atoms with Crippen LogP contribution in [0.15, 0.2) is 18.5 Å². The summed E-state index contributed by atoms with van der Waals surface area (Å²) in [6, 6.07) is 1.89. The number of pyridine rings is 1. The van der Waals surface area contributed by atoms with Gasteiger partial charge in [0.25, 0.3) is 0 Å². The Labute approximate surface area is 90.8 Å². The van der Waals surface area contributed by atoms with Gasteiger partial charge in [0.15, 0.2) is 0 Å². The molecule has 0 amide bonds. The minimum atomic E-state index is 0.694. The van der Waals surface area contributed by atoms with Crippen molar-refractivity contribution in [3.63, 3.8) is 0 Å². The van der Waals surface area contributed by atoms with Gasteiger partial charge in [-0.3, -0.25) is 4.98 Å². The van der Waals surface area contributed by atoms with Crippen molar-refractivity contribution in [2.75, 3.05) is 31.3 Å². The van der Waals surface area contributed by atoms with Gasteiger partial charge in [0.05, 0.1) is 17.6 Å². The van der Waals surface area contributed by atoms with Gasteiger partial charge in [0, 0.05) is 26.5 Å². The number of methoxy groups -OCH3 is 1. The summed E-state index contributed by atoms with van der Waals surface area (Å²) in [5.41, 5.74) is 7.29. The van der Waals surface area contributed by atoms with Crippen molar-refractivity contribution in [1.82, 2.24) is 4.98 Å². The molecule has 0 radical (unpaired) electrons. The number of nitrogens with zero attached hydrogens (tertiary/aromatic N) is 1. The van der Waals surface area contributed by atoms with E-state index in [4.69, 9.17) is 10.5 Å². The van der Waals surface area contributed by atoms with Crippen molar-refractivity contribution >= 4 is 11.4 Å². The van der Waals surface area contributed by atoms with E-state index in [9.17, 15) is 0 Å². The molecule has 0 aromatic carbocycles. The summed E-state index contributed by atoms with van der Waals surface area (Å²) in [6.07, 6.45) is 6.86. The van der Waals surface area contributed by atoms with Crippen molar-refractivity contribution in [3.05, 3.63) is 18.5 Å². The highest BCUT2D eigenvalue weighted by molar-refractivity contribution is 5.51. The number of ether oxygens (including phenoxy) is 1. The van der Waals surface area contributed by atoms with Crippen LogP contribution in [0.5, 0.6) is 0 Å². The molecule has 1 aromatic heterocycles. The van der Waals surface area contributed by atoms with Gasteiger partial charge in [-0.25, -0.2) is 0 Å². The highest BCUT2D eigenvalue weighted by Crippen LogP contribution is 2.09. The van der Waals surface area contributed by atoms with Gasteiger partial charge in [-0.1, -0.05) is 0 Å². The van der Waals surface area contributed by atoms with E-state index >= 15 is 0 Å². The lowest BCUT2D eigenvalue weighted by atomic mass is 10.2. The number of anilines is 2. The van der Waals surface area contributed by atoms with Crippen molar-refractivity contribution in [2.45, 2.75) is 19.3 Å². The van der Waals surface area contributed by atoms with Gasteiger partial charge >= 0.3 is 0 Å². The highest BCUT2D eigenvalue weighted by atomic mass is 16.5. The van der Waals surface area contributed by atoms with Crippen LogP contribution in [0.25, 0.3) is 0 Å². The lowest BCUT2D eigenvalue weighted by molar-refractivity contribution is 0.192. The smallest absolute Gasteiger partial charge is 0.0547 e. The standard InChI is InChI=1S/C11H19N3O/c1-15-6-4-2-3-5-14-11-7-10(12)8-13-9-11/h7-9,14H,2-6,12H2,1H3. The Kier molecular flexibility index (Phi) is 5.55. The molecule has 15 heavy (non-hydrogen) atoms. The van der Waals surface area contributed by atoms with Gasteiger partial charge in [-0.15, -0.1) is 0 Å². The number of nitrogen functional groups attached to an aromatic ring is 1. The second-order valence-corrected chi connectivity index (χ2v) is 3.49. The molecule has 0 atom stereocenters. The molecular weight excluding hydrogens is 190 g/mol. The van der Waals surface area contributed by atoms with Crippen LogP contribution in [-0.4, -0.2) is 25.2 Å². The molecule has 0 saturated carbocycles. The topological polar surface area (TPSA) is 60.2 Å². The van der Waals surface area contributed by atoms with Crippen LogP contribution in [0.4, 0.5) is 11.4 Å². The van der Waals surface area contributed by atoms with Crippen molar-refractivity contribution in [3.8, 4) is 0 Å². The maximum Gasteiger partial charge on any atom is 0.0547 e. The molecule has 1 rings (SSSR count). The molecule has 0 aliphatic carbocycles. The fraction of sp³-hybridized carbons (Fsp3) is 0.545. The molecule has 0 unspecified atom stereocenters. The predicted octanol–water partition coefficient (Wildman–Crippen LogP) is 1.89. The molecule has 0 aliphatic rings. The number of unbranched alkanes of at least 4 members (excludes halogenated alkanes) is 2. The van der Waals surface area contributed by atoms with Crippen LogP contribution in [0, 0.1) is 0 Å². The summed E-state index contributed by atoms with van der Waals surface area (Å²) in [6.45, 7) is 1.80. The normalized spacial score (nSPS) is 10.2. The minimum absolute atomic E-state index is 0.694. The summed E-state index contributed by atoms with van der Waals surface area (Å²) in [5.74, 6) is 0. The van der Waals surface area contributed by atoms with Crippen molar-refractivity contribution in [1.29, 1.82) is 0 Å². The van der Waals surface area contributed by atoms with E-state index in [-0.39, 0.29) is 0 Å². The first-order valence-corrected chi connectivity index (χ1v) is 5.26. The fourth-order valence-corrected chi connectivity index (χ4v) is 1.34. The van der Waals surface area contributed by atoms with Crippen molar-refractivity contribution < 1.29 is 4.74 Å². The summed E-state index contributed by atoms with van der Waals surface area (Å²) >= 11 is 0. The van der Waals surface area contributed by atoms with E-state index in [2.05, 4.69) is 10.3 Å². The van der Waals surface area contributed by atoms with Crippen LogP contribution >= 0.6 is 0 Å². The molecule has 4 heteroatoms. The Hall–Kier alpha value is -1.29. The molecule has 0 fully saturated rings. The maximum atomic E-state index is 5.61. The molecule has 1 aromatic rings. The lowest BCUT2D eigenvalue weighted by Crippen LogP contribution is -2.03. The zero-order chi connectivity index (χ0) is 10.9. The summed E-state index contributed by atoms with van der Waals surface area (Å²) < 4.78 is 4.98. The molecule has 84 valence electrons. The van der Waals surface area contributed by atoms with Gasteiger partial charge in [-0.05, 0) is 25.3 Å². The third-order valence-corrected chi connectivity index (χ3v) is 2.11. The van der Waals surface area contributed by atoms with Crippen LogP contribution < -0.4 is 11.1 Å². The average Bonchev–Trinajstić information content (AvgIpc) is 2.23. The third kappa shape index (κ3) is 5.22. The first-order chi connectivity index (χ1) is 7.33. The number of hydrogen-bond acceptors (Lipinski definition) is 4. The molecule has 1 heterocycles. The average molecular weight is 209 g/mol. The number of hydrogen-bond donors (Lipinski definition) is 2. The van der Waals surface area contributed by atoms with E-state index in [0.29, 0.717) is 5.69 Å². The lowest BCUT2D eigenvalue weighted by Gasteiger charge is -2.06. The Morgan fingerprint density at radius 2 is 2.20 bits per heavy atom. The van der Waals surface area contributed by atoms with Crippen LogP contribution in [0.1, 0.15) is 19.3 Å². The van der Waals surface area contributed by atoms with E-state index in [1.54, 1.807) is 19.5 Å². The quantitative estimate of drug-likeness (QED) is 0.673. The Morgan fingerprint density at radius 3 is 2.93 bits per heavy atom. The molecule has 0 bridgehead atoms. The first kappa shape index (κ1) is 11.8. The van der Waals surface area contributed by atoms with Gasteiger partial charge in [0.1, 0.15) is 0 Å². The summed E-state index contributed by atoms with van der Waals surface area (Å²) in [4.78, 5) is 4.01. The molecule has 3 N–H and O–H groups in total. The monoisotopic (exact) mass is 209 g/mol. The van der Waals surface area contributed by atoms with Crippen LogP contribution in [0.2, 0.25) is 0 Å². The first-order valence-electron chi connectivity index (χ1n) is 5.26. The van der Waals surface area contributed by atoms with Crippen LogP contribution in [-0.2, 0) is 4.74 Å². The molecular formula is C11H19N3O. The number of nitrogens with one attached hydrogen (secondary N) is 1. The summed E-state index contributed by atoms with van der Waals surface area (Å²) in [7, 11) is 1.73. The molecule has 0 saturated heterocycles. The molecule has 0 aliphatic heterocycles. The highest BCUT2D eigenvalue weighted by Gasteiger charge is 1.93. The Bertz CT molecular complexity index is 278. The predicted molar refractivity (Wildman–Crippen MR) is 62.9 cm³/mol. The second kappa shape index (κ2) is 7.06. The van der Waals surface area contributed by atoms with Crippen LogP contribution in [0.3, 0.4) is 0 Å². The Morgan fingerprint density at radius 1 is 1.33 bits per heavy atom. The maximum absolute atomic E-state index is 5.61. The third-order valence-electron chi connectivity index (χ3n) is 2.11. The summed E-state index contributed by atoms with van der Waals surface area (Å²) in [5, 5.41) is 3.28. The largest absolute Gasteiger partial charge is 0.397 e. The Balaban J connectivity index is 2.10. The zero-order valence-corrected chi connectivity index (χ0v) is 9.20. The van der Waals surface area contributed by atoms with E-state index in [1.165, 1.54) is 6.42 Å². The SMILES string of the molecule is COCCCCCNc1cncc(N)c1. The molecule has 0 spiro atoms. The second-order valence-electron chi connectivity index (χ2n) is 3.49. The van der Waals surface area contributed by atoms with Gasteiger partial charge in [0.2, 0.25) is 0 Å². The van der Waals surface area contributed by atoms with Gasteiger partial charge in [-0.2, -0.15) is 0 Å². The van der Waals surface area contributed by atoms with E-state index < -0.39 is 0 Å². The van der Waals surface area contributed by atoms with E-state index in [0.717, 1.165) is 31.7 Å².